The third-order valence-electron chi connectivity index (χ3n) is 2.36. The molecule has 0 bridgehead atoms. The summed E-state index contributed by atoms with van der Waals surface area (Å²) in [6.45, 7) is 2.77. The molecule has 110 valence electrons. The minimum absolute atomic E-state index is 0.0150. The van der Waals surface area contributed by atoms with Gasteiger partial charge in [0.25, 0.3) is 0 Å². The number of hydrogen-bond acceptors (Lipinski definition) is 8. The van der Waals surface area contributed by atoms with Crippen molar-refractivity contribution in [2.45, 2.75) is 19.8 Å². The number of nitrogens with one attached hydrogen (secondary N) is 3. The second-order valence-corrected chi connectivity index (χ2v) is 3.85. The first-order chi connectivity index (χ1) is 9.60. The number of aromatic nitrogens is 2. The molecule has 1 amide bonds. The Hall–Kier alpha value is -2.49. The van der Waals surface area contributed by atoms with Crippen molar-refractivity contribution in [1.29, 1.82) is 0 Å². The fourth-order valence-corrected chi connectivity index (χ4v) is 1.43. The van der Waals surface area contributed by atoms with E-state index in [4.69, 9.17) is 5.84 Å². The zero-order valence-electron chi connectivity index (χ0n) is 11.0. The van der Waals surface area contributed by atoms with Crippen LogP contribution in [0.1, 0.15) is 19.8 Å². The number of nitro groups is 1. The van der Waals surface area contributed by atoms with Crippen LogP contribution in [0.2, 0.25) is 0 Å². The number of nitrogen functional groups attached to an aromatic ring is 1. The van der Waals surface area contributed by atoms with Gasteiger partial charge in [0.05, 0.1) is 4.92 Å². The largest absolute Gasteiger partial charge is 0.364 e. The lowest BCUT2D eigenvalue weighted by atomic mass is 10.3. The Labute approximate surface area is 115 Å². The highest BCUT2D eigenvalue weighted by Crippen LogP contribution is 2.27. The highest BCUT2D eigenvalue weighted by Gasteiger charge is 2.22. The maximum Gasteiger partial charge on any atom is 0.354 e. The van der Waals surface area contributed by atoms with Gasteiger partial charge in [-0.3, -0.25) is 14.9 Å². The molecule has 0 aromatic carbocycles. The van der Waals surface area contributed by atoms with Gasteiger partial charge < -0.3 is 16.1 Å². The summed E-state index contributed by atoms with van der Waals surface area (Å²) >= 11 is 0. The number of amides is 1. The van der Waals surface area contributed by atoms with Gasteiger partial charge in [-0.25, -0.2) is 15.8 Å². The van der Waals surface area contributed by atoms with Crippen LogP contribution in [0.4, 0.5) is 17.3 Å². The first-order valence-electron chi connectivity index (χ1n) is 6.06. The lowest BCUT2D eigenvalue weighted by Gasteiger charge is -2.08. The monoisotopic (exact) mass is 283 g/mol. The number of hydrazine groups is 1. The Morgan fingerprint density at radius 3 is 2.70 bits per heavy atom. The maximum atomic E-state index is 11.4. The molecule has 0 spiro atoms. The van der Waals surface area contributed by atoms with E-state index in [1.54, 1.807) is 0 Å². The van der Waals surface area contributed by atoms with Gasteiger partial charge in [0.2, 0.25) is 17.5 Å². The van der Waals surface area contributed by atoms with E-state index in [2.05, 4.69) is 26.0 Å². The van der Waals surface area contributed by atoms with Crippen LogP contribution < -0.4 is 21.9 Å². The van der Waals surface area contributed by atoms with E-state index in [0.29, 0.717) is 6.54 Å². The number of hydrogen-bond donors (Lipinski definition) is 4. The van der Waals surface area contributed by atoms with Crippen molar-refractivity contribution in [2.24, 2.45) is 5.84 Å². The summed E-state index contributed by atoms with van der Waals surface area (Å²) < 4.78 is 0. The Morgan fingerprint density at radius 1 is 1.40 bits per heavy atom. The molecule has 0 saturated heterocycles. The van der Waals surface area contributed by atoms with E-state index in [1.165, 1.54) is 0 Å². The van der Waals surface area contributed by atoms with Crippen LogP contribution in [0.25, 0.3) is 0 Å². The van der Waals surface area contributed by atoms with Crippen LogP contribution >= 0.6 is 0 Å². The lowest BCUT2D eigenvalue weighted by molar-refractivity contribution is -0.383. The van der Waals surface area contributed by atoms with Gasteiger partial charge in [-0.05, 0) is 6.42 Å². The third-order valence-corrected chi connectivity index (χ3v) is 2.36. The van der Waals surface area contributed by atoms with Crippen LogP contribution in [-0.2, 0) is 4.79 Å². The molecule has 0 saturated carbocycles. The molecule has 0 atom stereocenters. The SMILES string of the molecule is CCCNC(=O)CCNc1ncnc(NN)c1[N+](=O)[O-]. The number of anilines is 2. The third kappa shape index (κ3) is 4.31. The minimum atomic E-state index is -0.644. The summed E-state index contributed by atoms with van der Waals surface area (Å²) in [5, 5.41) is 16.4. The van der Waals surface area contributed by atoms with Crippen LogP contribution in [-0.4, -0.2) is 33.9 Å². The summed E-state index contributed by atoms with van der Waals surface area (Å²) in [6, 6.07) is 0. The van der Waals surface area contributed by atoms with Gasteiger partial charge in [-0.2, -0.15) is 0 Å². The molecule has 0 unspecified atom stereocenters. The molecule has 0 radical (unpaired) electrons. The van der Waals surface area contributed by atoms with Crippen LogP contribution in [0.15, 0.2) is 6.33 Å². The number of rotatable bonds is 8. The second-order valence-electron chi connectivity index (χ2n) is 3.85. The Morgan fingerprint density at radius 2 is 2.10 bits per heavy atom. The van der Waals surface area contributed by atoms with E-state index in [1.807, 2.05) is 6.92 Å². The molecule has 0 aliphatic heterocycles. The predicted molar refractivity (Wildman–Crippen MR) is 72.9 cm³/mol. The van der Waals surface area contributed by atoms with Crippen molar-refractivity contribution in [1.82, 2.24) is 15.3 Å². The Balaban J connectivity index is 2.64. The molecular weight excluding hydrogens is 266 g/mol. The van der Waals surface area contributed by atoms with E-state index >= 15 is 0 Å². The number of carbonyl (C=O) groups excluding carboxylic acids is 1. The second kappa shape index (κ2) is 7.84. The minimum Gasteiger partial charge on any atom is -0.364 e. The van der Waals surface area contributed by atoms with Crippen LogP contribution in [0.3, 0.4) is 0 Å². The summed E-state index contributed by atoms with van der Waals surface area (Å²) in [7, 11) is 0. The smallest absolute Gasteiger partial charge is 0.354 e. The predicted octanol–water partition coefficient (Wildman–Crippen LogP) is -0.00140. The number of nitrogens with two attached hydrogens (primary N) is 1. The molecule has 1 heterocycles. The Bertz CT molecular complexity index is 480. The first-order valence-corrected chi connectivity index (χ1v) is 6.06. The Kier molecular flexibility index (Phi) is 6.10. The molecule has 0 aliphatic rings. The molecule has 10 nitrogen and oxygen atoms in total. The standard InChI is InChI=1S/C10H17N7O3/c1-2-4-12-7(18)3-5-13-9-8(17(19)20)10(16-11)15-6-14-9/h6H,2-5,11H2,1H3,(H,12,18)(H2,13,14,15,16). The molecule has 20 heavy (non-hydrogen) atoms. The van der Waals surface area contributed by atoms with Crippen molar-refractivity contribution in [3.8, 4) is 0 Å². The van der Waals surface area contributed by atoms with Crippen molar-refractivity contribution in [3.05, 3.63) is 16.4 Å². The zero-order valence-corrected chi connectivity index (χ0v) is 11.0. The zero-order chi connectivity index (χ0) is 15.0. The molecule has 1 aromatic heterocycles. The van der Waals surface area contributed by atoms with Crippen molar-refractivity contribution >= 4 is 23.2 Å². The van der Waals surface area contributed by atoms with Crippen LogP contribution in [0, 0.1) is 10.1 Å². The quantitative estimate of drug-likeness (QED) is 0.296. The molecule has 0 aliphatic carbocycles. The van der Waals surface area contributed by atoms with Gasteiger partial charge in [-0.1, -0.05) is 6.92 Å². The van der Waals surface area contributed by atoms with Gasteiger partial charge in [0.15, 0.2) is 0 Å². The van der Waals surface area contributed by atoms with Crippen LogP contribution in [0.5, 0.6) is 0 Å². The highest BCUT2D eigenvalue weighted by molar-refractivity contribution is 5.76. The molecule has 1 aromatic rings. The average molecular weight is 283 g/mol. The summed E-state index contributed by atoms with van der Waals surface area (Å²) in [5.41, 5.74) is 1.77. The summed E-state index contributed by atoms with van der Waals surface area (Å²) in [4.78, 5) is 29.1. The highest BCUT2D eigenvalue weighted by atomic mass is 16.6. The first kappa shape index (κ1) is 15.6. The molecule has 1 rings (SSSR count). The van der Waals surface area contributed by atoms with E-state index in [-0.39, 0.29) is 36.2 Å². The van der Waals surface area contributed by atoms with Gasteiger partial charge in [0.1, 0.15) is 6.33 Å². The van der Waals surface area contributed by atoms with Crippen molar-refractivity contribution in [3.63, 3.8) is 0 Å². The van der Waals surface area contributed by atoms with E-state index in [9.17, 15) is 14.9 Å². The van der Waals surface area contributed by atoms with E-state index < -0.39 is 4.92 Å². The molecule has 0 fully saturated rings. The number of nitrogens with zero attached hydrogens (tertiary/aromatic N) is 3. The van der Waals surface area contributed by atoms with Crippen molar-refractivity contribution < 1.29 is 9.72 Å². The summed E-state index contributed by atoms with van der Waals surface area (Å²) in [5.74, 6) is 4.94. The fraction of sp³-hybridized carbons (Fsp3) is 0.500. The number of carbonyl (C=O) groups is 1. The van der Waals surface area contributed by atoms with Gasteiger partial charge in [-0.15, -0.1) is 0 Å². The molecule has 5 N–H and O–H groups in total. The topological polar surface area (TPSA) is 148 Å². The molecular formula is C10H17N7O3. The molecule has 10 heteroatoms. The van der Waals surface area contributed by atoms with Gasteiger partial charge in [0, 0.05) is 19.5 Å². The van der Waals surface area contributed by atoms with Crippen molar-refractivity contribution in [2.75, 3.05) is 23.8 Å². The fourth-order valence-electron chi connectivity index (χ4n) is 1.43. The summed E-state index contributed by atoms with van der Waals surface area (Å²) in [6.07, 6.45) is 2.18. The average Bonchev–Trinajstić information content (AvgIpc) is 2.44. The lowest BCUT2D eigenvalue weighted by Crippen LogP contribution is -2.26. The van der Waals surface area contributed by atoms with Gasteiger partial charge >= 0.3 is 5.69 Å². The van der Waals surface area contributed by atoms with E-state index in [0.717, 1.165) is 12.7 Å². The maximum absolute atomic E-state index is 11.4. The normalized spacial score (nSPS) is 9.90.